The molecule has 3 aromatic rings. The average molecular weight is 481 g/mol. The molecule has 3 aromatic carbocycles. The summed E-state index contributed by atoms with van der Waals surface area (Å²) in [6, 6.07) is 33.5. The number of benzene rings is 3. The Morgan fingerprint density at radius 1 is 0.750 bits per heavy atom. The van der Waals surface area contributed by atoms with Gasteiger partial charge in [0.25, 0.3) is 0 Å². The Bertz CT molecular complexity index is 1060. The van der Waals surface area contributed by atoms with Crippen LogP contribution in [0.4, 0.5) is 0 Å². The SMILES string of the molecule is c1ccc(CCCC2CCN(C[C@H]3CN4O[C@H](c5ccccc5)C[C@H]4[C@@H]3c3ccccc3)CC2)cc1. The molecule has 3 nitrogen and oxygen atoms in total. The van der Waals surface area contributed by atoms with Crippen molar-refractivity contribution in [1.29, 1.82) is 0 Å². The van der Waals surface area contributed by atoms with Gasteiger partial charge in [-0.3, -0.25) is 4.84 Å². The van der Waals surface area contributed by atoms with E-state index in [1.165, 1.54) is 68.4 Å². The van der Waals surface area contributed by atoms with E-state index >= 15 is 0 Å². The lowest BCUT2D eigenvalue weighted by atomic mass is 9.81. The maximum atomic E-state index is 6.56. The third-order valence-electron chi connectivity index (χ3n) is 8.90. The van der Waals surface area contributed by atoms with Crippen LogP contribution < -0.4 is 0 Å². The number of rotatable bonds is 8. The van der Waals surface area contributed by atoms with E-state index in [0.29, 0.717) is 17.9 Å². The lowest BCUT2D eigenvalue weighted by Crippen LogP contribution is -2.39. The zero-order valence-corrected chi connectivity index (χ0v) is 21.4. The second kappa shape index (κ2) is 11.3. The maximum Gasteiger partial charge on any atom is 0.106 e. The molecule has 6 rings (SSSR count). The molecule has 0 unspecified atom stereocenters. The van der Waals surface area contributed by atoms with Crippen molar-refractivity contribution in [3.8, 4) is 0 Å². The van der Waals surface area contributed by atoms with E-state index in [0.717, 1.165) is 18.9 Å². The maximum absolute atomic E-state index is 6.56. The molecular formula is C33H40N2O. The van der Waals surface area contributed by atoms with Crippen molar-refractivity contribution in [2.24, 2.45) is 11.8 Å². The minimum absolute atomic E-state index is 0.190. The van der Waals surface area contributed by atoms with Crippen LogP contribution in [0.25, 0.3) is 0 Å². The number of hydrogen-bond acceptors (Lipinski definition) is 3. The van der Waals surface area contributed by atoms with Crippen molar-refractivity contribution in [1.82, 2.24) is 9.96 Å². The number of hydrogen-bond donors (Lipinski definition) is 0. The molecule has 4 atom stereocenters. The summed E-state index contributed by atoms with van der Waals surface area (Å²) in [5.74, 6) is 2.07. The highest BCUT2D eigenvalue weighted by molar-refractivity contribution is 5.27. The Kier molecular flexibility index (Phi) is 7.50. The summed E-state index contributed by atoms with van der Waals surface area (Å²) >= 11 is 0. The fourth-order valence-electron chi connectivity index (χ4n) is 7.02. The monoisotopic (exact) mass is 480 g/mol. The zero-order valence-electron chi connectivity index (χ0n) is 21.4. The first-order valence-corrected chi connectivity index (χ1v) is 14.1. The molecule has 0 spiro atoms. The van der Waals surface area contributed by atoms with Crippen LogP contribution in [0.1, 0.15) is 60.8 Å². The molecule has 0 radical (unpaired) electrons. The second-order valence-electron chi connectivity index (χ2n) is 11.2. The van der Waals surface area contributed by atoms with Gasteiger partial charge in [0.2, 0.25) is 0 Å². The van der Waals surface area contributed by atoms with E-state index in [1.54, 1.807) is 0 Å². The minimum Gasteiger partial charge on any atom is -0.303 e. The highest BCUT2D eigenvalue weighted by Crippen LogP contribution is 2.48. The van der Waals surface area contributed by atoms with Crippen LogP contribution in [-0.2, 0) is 11.3 Å². The molecule has 3 heterocycles. The quantitative estimate of drug-likeness (QED) is 0.349. The molecule has 0 N–H and O–H groups in total. The van der Waals surface area contributed by atoms with E-state index in [2.05, 4.69) is 101 Å². The van der Waals surface area contributed by atoms with Gasteiger partial charge in [-0.15, -0.1) is 0 Å². The van der Waals surface area contributed by atoms with E-state index in [4.69, 9.17) is 4.84 Å². The molecule has 0 aromatic heterocycles. The summed E-state index contributed by atoms with van der Waals surface area (Å²) in [5, 5.41) is 2.34. The first-order valence-electron chi connectivity index (χ1n) is 14.1. The molecule has 3 aliphatic heterocycles. The Balaban J connectivity index is 1.05. The number of aryl methyl sites for hydroxylation is 1. The molecule has 3 heteroatoms. The van der Waals surface area contributed by atoms with Gasteiger partial charge < -0.3 is 4.90 Å². The van der Waals surface area contributed by atoms with Crippen molar-refractivity contribution in [3.63, 3.8) is 0 Å². The van der Waals surface area contributed by atoms with Crippen LogP contribution in [0.2, 0.25) is 0 Å². The van der Waals surface area contributed by atoms with Gasteiger partial charge in [0, 0.05) is 25.0 Å². The number of fused-ring (bicyclic) bond motifs is 1. The molecular weight excluding hydrogens is 440 g/mol. The van der Waals surface area contributed by atoms with Gasteiger partial charge in [0.05, 0.1) is 0 Å². The summed E-state index contributed by atoms with van der Waals surface area (Å²) in [6.45, 7) is 4.76. The van der Waals surface area contributed by atoms with Gasteiger partial charge in [0.1, 0.15) is 6.10 Å². The van der Waals surface area contributed by atoms with Crippen molar-refractivity contribution >= 4 is 0 Å². The van der Waals surface area contributed by atoms with Gasteiger partial charge >= 0.3 is 0 Å². The van der Waals surface area contributed by atoms with Crippen LogP contribution in [0, 0.1) is 11.8 Å². The minimum atomic E-state index is 0.190. The van der Waals surface area contributed by atoms with Crippen LogP contribution in [0.3, 0.4) is 0 Å². The highest BCUT2D eigenvalue weighted by Gasteiger charge is 2.49. The summed E-state index contributed by atoms with van der Waals surface area (Å²) in [7, 11) is 0. The van der Waals surface area contributed by atoms with E-state index < -0.39 is 0 Å². The van der Waals surface area contributed by atoms with Crippen molar-refractivity contribution in [3.05, 3.63) is 108 Å². The van der Waals surface area contributed by atoms with Gasteiger partial charge in [-0.2, -0.15) is 5.06 Å². The van der Waals surface area contributed by atoms with Crippen LogP contribution in [-0.4, -0.2) is 42.2 Å². The molecule has 3 fully saturated rings. The molecule has 36 heavy (non-hydrogen) atoms. The van der Waals surface area contributed by atoms with Gasteiger partial charge in [-0.25, -0.2) is 0 Å². The largest absolute Gasteiger partial charge is 0.303 e. The Morgan fingerprint density at radius 3 is 2.08 bits per heavy atom. The highest BCUT2D eigenvalue weighted by atomic mass is 16.7. The second-order valence-corrected chi connectivity index (χ2v) is 11.2. The zero-order chi connectivity index (χ0) is 24.2. The average Bonchev–Trinajstić information content (AvgIpc) is 3.49. The molecule has 0 aliphatic carbocycles. The Labute approximate surface area is 217 Å². The Hall–Kier alpha value is -2.46. The van der Waals surface area contributed by atoms with Crippen molar-refractivity contribution < 1.29 is 4.84 Å². The lowest BCUT2D eigenvalue weighted by molar-refractivity contribution is -0.152. The summed E-state index contributed by atoms with van der Waals surface area (Å²) in [6.07, 6.45) is 7.92. The van der Waals surface area contributed by atoms with E-state index in [-0.39, 0.29) is 6.10 Å². The molecule has 188 valence electrons. The fourth-order valence-corrected chi connectivity index (χ4v) is 7.02. The van der Waals surface area contributed by atoms with Crippen molar-refractivity contribution in [2.45, 2.75) is 56.6 Å². The lowest BCUT2D eigenvalue weighted by Gasteiger charge is -2.35. The molecule has 3 aliphatic rings. The topological polar surface area (TPSA) is 15.7 Å². The van der Waals surface area contributed by atoms with Gasteiger partial charge in [-0.1, -0.05) is 97.4 Å². The van der Waals surface area contributed by atoms with Crippen LogP contribution in [0.5, 0.6) is 0 Å². The number of hydroxylamine groups is 2. The summed E-state index contributed by atoms with van der Waals surface area (Å²) < 4.78 is 0. The number of piperidine rings is 1. The molecule has 0 saturated carbocycles. The standard InChI is InChI=1S/C33H40N2O/c1-4-11-26(12-5-1)13-10-14-27-19-21-34(22-20-27)24-30-25-35-31(33(30)29-17-8-3-9-18-29)23-32(36-35)28-15-6-2-7-16-28/h1-9,11-12,15-18,27,30-33H,10,13-14,19-25H2/t30-,31-,32-,33+/m0/s1. The summed E-state index contributed by atoms with van der Waals surface area (Å²) in [4.78, 5) is 9.31. The number of nitrogens with zero attached hydrogens (tertiary/aromatic N) is 2. The fraction of sp³-hybridized carbons (Fsp3) is 0.455. The smallest absolute Gasteiger partial charge is 0.106 e. The molecule has 3 saturated heterocycles. The number of likely N-dealkylation sites (tertiary alicyclic amines) is 1. The van der Waals surface area contributed by atoms with Crippen LogP contribution >= 0.6 is 0 Å². The third-order valence-corrected chi connectivity index (χ3v) is 8.90. The normalized spacial score (nSPS) is 27.3. The van der Waals surface area contributed by atoms with Gasteiger partial charge in [0.15, 0.2) is 0 Å². The summed E-state index contributed by atoms with van der Waals surface area (Å²) in [5.41, 5.74) is 4.29. The first-order chi connectivity index (χ1) is 17.8. The van der Waals surface area contributed by atoms with E-state index in [9.17, 15) is 0 Å². The predicted octanol–water partition coefficient (Wildman–Crippen LogP) is 6.88. The predicted molar refractivity (Wildman–Crippen MR) is 147 cm³/mol. The van der Waals surface area contributed by atoms with Gasteiger partial charge in [-0.05, 0) is 73.7 Å². The first kappa shape index (κ1) is 23.9. The molecule has 0 amide bonds. The Morgan fingerprint density at radius 2 is 1.39 bits per heavy atom. The molecule has 0 bridgehead atoms. The van der Waals surface area contributed by atoms with Crippen LogP contribution in [0.15, 0.2) is 91.0 Å². The van der Waals surface area contributed by atoms with E-state index in [1.807, 2.05) is 0 Å². The van der Waals surface area contributed by atoms with Crippen molar-refractivity contribution in [2.75, 3.05) is 26.2 Å². The third kappa shape index (κ3) is 5.44.